The lowest BCUT2D eigenvalue weighted by molar-refractivity contribution is 0.593. The molecule has 0 saturated carbocycles. The summed E-state index contributed by atoms with van der Waals surface area (Å²) in [4.78, 5) is 0.143. The number of para-hydroxylation sites is 1. The first-order valence-corrected chi connectivity index (χ1v) is 5.95. The van der Waals surface area contributed by atoms with E-state index in [2.05, 4.69) is 9.44 Å². The first kappa shape index (κ1) is 11.9. The number of hydrogen-bond acceptors (Lipinski definition) is 3. The number of nitrogens with two attached hydrogens (primary N) is 1. The molecule has 0 fully saturated rings. The van der Waals surface area contributed by atoms with Crippen LogP contribution in [0.2, 0.25) is 0 Å². The highest BCUT2D eigenvalue weighted by molar-refractivity contribution is 7.90. The maximum atomic E-state index is 11.2. The molecule has 0 aliphatic heterocycles. The van der Waals surface area contributed by atoms with Gasteiger partial charge in [-0.2, -0.15) is 8.42 Å². The van der Waals surface area contributed by atoms with Gasteiger partial charge in [-0.1, -0.05) is 24.4 Å². The molecule has 0 unspecified atom stereocenters. The van der Waals surface area contributed by atoms with Gasteiger partial charge in [-0.25, -0.2) is 4.72 Å². The second kappa shape index (κ2) is 4.56. The number of benzene rings is 1. The molecule has 7 heteroatoms. The number of anilines is 1. The SMILES string of the molecule is CNS(=O)(=O)Nc1ccccc1C(N)=S. The molecule has 82 valence electrons. The lowest BCUT2D eigenvalue weighted by atomic mass is 10.2. The minimum absolute atomic E-state index is 0.143. The Kier molecular flexibility index (Phi) is 3.61. The fraction of sp³-hybridized carbons (Fsp3) is 0.125. The Hall–Kier alpha value is -1.18. The van der Waals surface area contributed by atoms with Gasteiger partial charge in [0.2, 0.25) is 0 Å². The number of thiocarbonyl (C=S) groups is 1. The molecule has 0 aliphatic rings. The topological polar surface area (TPSA) is 84.2 Å². The smallest absolute Gasteiger partial charge is 0.298 e. The van der Waals surface area contributed by atoms with Crippen LogP contribution in [0.3, 0.4) is 0 Å². The van der Waals surface area contributed by atoms with E-state index in [4.69, 9.17) is 18.0 Å². The van der Waals surface area contributed by atoms with Crippen molar-refractivity contribution >= 4 is 33.1 Å². The first-order valence-electron chi connectivity index (χ1n) is 4.06. The van der Waals surface area contributed by atoms with Gasteiger partial charge in [0.15, 0.2) is 0 Å². The molecule has 0 spiro atoms. The zero-order valence-corrected chi connectivity index (χ0v) is 9.65. The molecule has 4 N–H and O–H groups in total. The van der Waals surface area contributed by atoms with Crippen LogP contribution in [0.25, 0.3) is 0 Å². The summed E-state index contributed by atoms with van der Waals surface area (Å²) in [6.07, 6.45) is 0. The number of hydrogen-bond donors (Lipinski definition) is 3. The first-order chi connectivity index (χ1) is 6.96. The van der Waals surface area contributed by atoms with Gasteiger partial charge < -0.3 is 5.73 Å². The van der Waals surface area contributed by atoms with Crippen molar-refractivity contribution in [3.05, 3.63) is 29.8 Å². The molecule has 1 aromatic carbocycles. The summed E-state index contributed by atoms with van der Waals surface area (Å²) in [5.74, 6) is 0. The van der Waals surface area contributed by atoms with Crippen molar-refractivity contribution < 1.29 is 8.42 Å². The summed E-state index contributed by atoms with van der Waals surface area (Å²) >= 11 is 4.80. The molecule has 0 aliphatic carbocycles. The van der Waals surface area contributed by atoms with Gasteiger partial charge in [0.05, 0.1) is 5.69 Å². The minimum Gasteiger partial charge on any atom is -0.389 e. The van der Waals surface area contributed by atoms with Crippen LogP contribution in [-0.4, -0.2) is 20.5 Å². The van der Waals surface area contributed by atoms with E-state index < -0.39 is 10.2 Å². The molecular formula is C8H11N3O2S2. The van der Waals surface area contributed by atoms with Crippen LogP contribution < -0.4 is 15.2 Å². The lowest BCUT2D eigenvalue weighted by Gasteiger charge is -2.10. The van der Waals surface area contributed by atoms with Crippen molar-refractivity contribution in [2.24, 2.45) is 5.73 Å². The maximum absolute atomic E-state index is 11.2. The summed E-state index contributed by atoms with van der Waals surface area (Å²) in [5, 5.41) is 0. The van der Waals surface area contributed by atoms with E-state index in [0.29, 0.717) is 11.3 Å². The van der Waals surface area contributed by atoms with Crippen LogP contribution in [0.1, 0.15) is 5.56 Å². The maximum Gasteiger partial charge on any atom is 0.298 e. The quantitative estimate of drug-likeness (QED) is 0.661. The standard InChI is InChI=1S/C8H11N3O2S2/c1-10-15(12,13)11-7-5-3-2-4-6(7)8(9)14/h2-5,10-11H,1H3,(H2,9,14). The van der Waals surface area contributed by atoms with Gasteiger partial charge in [-0.05, 0) is 12.1 Å². The van der Waals surface area contributed by atoms with Gasteiger partial charge in [0.25, 0.3) is 10.2 Å². The summed E-state index contributed by atoms with van der Waals surface area (Å²) in [7, 11) is -2.23. The van der Waals surface area contributed by atoms with Crippen LogP contribution in [0, 0.1) is 0 Å². The highest BCUT2D eigenvalue weighted by Crippen LogP contribution is 2.15. The van der Waals surface area contributed by atoms with E-state index in [-0.39, 0.29) is 4.99 Å². The van der Waals surface area contributed by atoms with E-state index >= 15 is 0 Å². The van der Waals surface area contributed by atoms with E-state index in [1.54, 1.807) is 24.3 Å². The van der Waals surface area contributed by atoms with Crippen molar-refractivity contribution in [2.75, 3.05) is 11.8 Å². The zero-order valence-electron chi connectivity index (χ0n) is 8.02. The molecule has 1 aromatic rings. The summed E-state index contributed by atoms with van der Waals surface area (Å²) in [6.45, 7) is 0. The van der Waals surface area contributed by atoms with Gasteiger partial charge in [-0.15, -0.1) is 0 Å². The van der Waals surface area contributed by atoms with Crippen LogP contribution in [0.15, 0.2) is 24.3 Å². The molecule has 0 heterocycles. The van der Waals surface area contributed by atoms with Gasteiger partial charge in [0.1, 0.15) is 4.99 Å². The fourth-order valence-electron chi connectivity index (χ4n) is 0.983. The average molecular weight is 245 g/mol. The molecule has 0 bridgehead atoms. The second-order valence-electron chi connectivity index (χ2n) is 2.72. The molecule has 1 rings (SSSR count). The highest BCUT2D eigenvalue weighted by atomic mass is 32.2. The third kappa shape index (κ3) is 3.15. The summed E-state index contributed by atoms with van der Waals surface area (Å²) in [5.41, 5.74) is 6.30. The third-order valence-electron chi connectivity index (χ3n) is 1.71. The van der Waals surface area contributed by atoms with E-state index in [1.807, 2.05) is 0 Å². The van der Waals surface area contributed by atoms with E-state index in [9.17, 15) is 8.42 Å². The normalized spacial score (nSPS) is 11.0. The average Bonchev–Trinajstić information content (AvgIpc) is 2.18. The van der Waals surface area contributed by atoms with E-state index in [1.165, 1.54) is 7.05 Å². The van der Waals surface area contributed by atoms with Gasteiger partial charge in [-0.3, -0.25) is 4.72 Å². The number of rotatable bonds is 4. The van der Waals surface area contributed by atoms with Crippen LogP contribution in [0.4, 0.5) is 5.69 Å². The Morgan fingerprint density at radius 3 is 2.53 bits per heavy atom. The van der Waals surface area contributed by atoms with Crippen LogP contribution in [-0.2, 0) is 10.2 Å². The molecule has 0 radical (unpaired) electrons. The third-order valence-corrected chi connectivity index (χ3v) is 2.95. The Morgan fingerprint density at radius 2 is 2.00 bits per heavy atom. The molecule has 0 aromatic heterocycles. The van der Waals surface area contributed by atoms with Crippen LogP contribution in [0.5, 0.6) is 0 Å². The highest BCUT2D eigenvalue weighted by Gasteiger charge is 2.10. The van der Waals surface area contributed by atoms with Crippen molar-refractivity contribution in [1.29, 1.82) is 0 Å². The Morgan fingerprint density at radius 1 is 1.40 bits per heavy atom. The second-order valence-corrected chi connectivity index (χ2v) is 4.78. The van der Waals surface area contributed by atoms with Crippen molar-refractivity contribution in [1.82, 2.24) is 4.72 Å². The molecule has 15 heavy (non-hydrogen) atoms. The van der Waals surface area contributed by atoms with Crippen LogP contribution >= 0.6 is 12.2 Å². The zero-order chi connectivity index (χ0) is 11.5. The Bertz CT molecular complexity index is 471. The van der Waals surface area contributed by atoms with Gasteiger partial charge in [0, 0.05) is 12.6 Å². The molecular weight excluding hydrogens is 234 g/mol. The minimum atomic E-state index is -3.54. The largest absolute Gasteiger partial charge is 0.389 e. The number of nitrogens with one attached hydrogen (secondary N) is 2. The Labute approximate surface area is 93.9 Å². The summed E-state index contributed by atoms with van der Waals surface area (Å²) < 4.78 is 26.9. The molecule has 0 saturated heterocycles. The molecule has 0 amide bonds. The predicted octanol–water partition coefficient (Wildman–Crippen LogP) is 0.197. The monoisotopic (exact) mass is 245 g/mol. The van der Waals surface area contributed by atoms with Crippen molar-refractivity contribution in [3.8, 4) is 0 Å². The molecule has 5 nitrogen and oxygen atoms in total. The molecule has 0 atom stereocenters. The van der Waals surface area contributed by atoms with E-state index in [0.717, 1.165) is 0 Å². The Balaban J connectivity index is 3.10. The summed E-state index contributed by atoms with van der Waals surface area (Å²) in [6, 6.07) is 6.65. The van der Waals surface area contributed by atoms with Gasteiger partial charge >= 0.3 is 0 Å². The lowest BCUT2D eigenvalue weighted by Crippen LogP contribution is -2.27. The van der Waals surface area contributed by atoms with Crippen molar-refractivity contribution in [2.45, 2.75) is 0 Å². The van der Waals surface area contributed by atoms with Crippen molar-refractivity contribution in [3.63, 3.8) is 0 Å². The predicted molar refractivity (Wildman–Crippen MR) is 63.9 cm³/mol. The fourth-order valence-corrected chi connectivity index (χ4v) is 1.73.